The third-order valence-corrected chi connectivity index (χ3v) is 4.50. The Hall–Kier alpha value is -2.76. The molecule has 1 aromatic heterocycles. The second-order valence-electron chi connectivity index (χ2n) is 6.22. The van der Waals surface area contributed by atoms with Gasteiger partial charge in [-0.25, -0.2) is 4.79 Å². The molecule has 1 aliphatic heterocycles. The van der Waals surface area contributed by atoms with Gasteiger partial charge in [-0.2, -0.15) is 0 Å². The molecule has 2 amide bonds. The SMILES string of the molecule is COc1cnccc1[C@H](C)NC(=O)N[C@@H]1CCN(c2ccccc2)C1. The minimum Gasteiger partial charge on any atom is -0.495 e. The summed E-state index contributed by atoms with van der Waals surface area (Å²) in [5.41, 5.74) is 2.10. The summed E-state index contributed by atoms with van der Waals surface area (Å²) in [6, 6.07) is 12.0. The molecule has 0 aliphatic carbocycles. The topological polar surface area (TPSA) is 66.5 Å². The molecule has 0 saturated carbocycles. The van der Waals surface area contributed by atoms with Crippen molar-refractivity contribution in [1.82, 2.24) is 15.6 Å². The largest absolute Gasteiger partial charge is 0.495 e. The standard InChI is InChI=1S/C19H24N4O2/c1-14(17-8-10-20-12-18(17)25-2)21-19(24)22-15-9-11-23(13-15)16-6-4-3-5-7-16/h3-8,10,12,14-15H,9,11,13H2,1-2H3,(H2,21,22,24)/t14-,15+/m0/s1. The number of pyridine rings is 1. The molecule has 6 nitrogen and oxygen atoms in total. The zero-order valence-corrected chi connectivity index (χ0v) is 14.6. The van der Waals surface area contributed by atoms with Gasteiger partial charge in [-0.15, -0.1) is 0 Å². The number of nitrogens with zero attached hydrogens (tertiary/aromatic N) is 2. The monoisotopic (exact) mass is 340 g/mol. The summed E-state index contributed by atoms with van der Waals surface area (Å²) in [5, 5.41) is 6.04. The third kappa shape index (κ3) is 4.21. The molecule has 0 unspecified atom stereocenters. The van der Waals surface area contributed by atoms with Gasteiger partial charge in [0, 0.05) is 36.6 Å². The van der Waals surface area contributed by atoms with Gasteiger partial charge in [0.2, 0.25) is 0 Å². The van der Waals surface area contributed by atoms with E-state index in [2.05, 4.69) is 32.7 Å². The van der Waals surface area contributed by atoms with Gasteiger partial charge in [-0.3, -0.25) is 4.98 Å². The highest BCUT2D eigenvalue weighted by Gasteiger charge is 2.24. The molecule has 2 N–H and O–H groups in total. The molecule has 132 valence electrons. The normalized spacial score (nSPS) is 17.8. The van der Waals surface area contributed by atoms with Gasteiger partial charge in [-0.05, 0) is 31.5 Å². The molecule has 1 aliphatic rings. The van der Waals surface area contributed by atoms with Crippen molar-refractivity contribution in [2.75, 3.05) is 25.1 Å². The van der Waals surface area contributed by atoms with Gasteiger partial charge >= 0.3 is 6.03 Å². The molecule has 25 heavy (non-hydrogen) atoms. The van der Waals surface area contributed by atoms with Crippen LogP contribution >= 0.6 is 0 Å². The van der Waals surface area contributed by atoms with Crippen LogP contribution < -0.4 is 20.3 Å². The van der Waals surface area contributed by atoms with E-state index in [-0.39, 0.29) is 18.1 Å². The number of carbonyl (C=O) groups is 1. The van der Waals surface area contributed by atoms with E-state index in [4.69, 9.17) is 4.74 Å². The van der Waals surface area contributed by atoms with E-state index in [1.54, 1.807) is 19.5 Å². The fraction of sp³-hybridized carbons (Fsp3) is 0.368. The molecule has 2 aromatic rings. The van der Waals surface area contributed by atoms with Crippen molar-refractivity contribution >= 4 is 11.7 Å². The molecule has 3 rings (SSSR count). The van der Waals surface area contributed by atoms with Crippen LogP contribution in [0.2, 0.25) is 0 Å². The van der Waals surface area contributed by atoms with E-state index in [0.717, 1.165) is 25.1 Å². The number of amides is 2. The van der Waals surface area contributed by atoms with Gasteiger partial charge in [0.1, 0.15) is 5.75 Å². The van der Waals surface area contributed by atoms with Crippen molar-refractivity contribution in [3.05, 3.63) is 54.4 Å². The first kappa shape index (κ1) is 17.1. The first-order valence-electron chi connectivity index (χ1n) is 8.52. The summed E-state index contributed by atoms with van der Waals surface area (Å²) < 4.78 is 5.30. The van der Waals surface area contributed by atoms with Crippen LogP contribution in [0, 0.1) is 0 Å². The number of hydrogen-bond donors (Lipinski definition) is 2. The Kier molecular flexibility index (Phi) is 5.38. The third-order valence-electron chi connectivity index (χ3n) is 4.50. The predicted octanol–water partition coefficient (Wildman–Crippen LogP) is 2.73. The zero-order valence-electron chi connectivity index (χ0n) is 14.6. The van der Waals surface area contributed by atoms with Crippen LogP contribution in [0.25, 0.3) is 0 Å². The van der Waals surface area contributed by atoms with Crippen molar-refractivity contribution < 1.29 is 9.53 Å². The molecular formula is C19H24N4O2. The van der Waals surface area contributed by atoms with Crippen LogP contribution in [-0.4, -0.2) is 37.3 Å². The van der Waals surface area contributed by atoms with E-state index in [1.165, 1.54) is 5.69 Å². The van der Waals surface area contributed by atoms with E-state index < -0.39 is 0 Å². The Morgan fingerprint density at radius 2 is 2.12 bits per heavy atom. The summed E-state index contributed by atoms with van der Waals surface area (Å²) in [5.74, 6) is 0.673. The van der Waals surface area contributed by atoms with E-state index in [0.29, 0.717) is 5.75 Å². The van der Waals surface area contributed by atoms with Crippen molar-refractivity contribution in [1.29, 1.82) is 0 Å². The number of carbonyl (C=O) groups excluding carboxylic acids is 1. The summed E-state index contributed by atoms with van der Waals surface area (Å²) >= 11 is 0. The highest BCUT2D eigenvalue weighted by Crippen LogP contribution is 2.23. The number of nitrogens with one attached hydrogen (secondary N) is 2. The molecule has 1 fully saturated rings. The number of aromatic nitrogens is 1. The summed E-state index contributed by atoms with van der Waals surface area (Å²) in [6.07, 6.45) is 4.29. The number of rotatable bonds is 5. The zero-order chi connectivity index (χ0) is 17.6. The van der Waals surface area contributed by atoms with Crippen molar-refractivity contribution in [3.63, 3.8) is 0 Å². The van der Waals surface area contributed by atoms with Crippen molar-refractivity contribution in [3.8, 4) is 5.75 Å². The number of hydrogen-bond acceptors (Lipinski definition) is 4. The highest BCUT2D eigenvalue weighted by atomic mass is 16.5. The van der Waals surface area contributed by atoms with Gasteiger partial charge < -0.3 is 20.3 Å². The van der Waals surface area contributed by atoms with Crippen LogP contribution in [0.1, 0.15) is 24.9 Å². The van der Waals surface area contributed by atoms with Gasteiger partial charge in [-0.1, -0.05) is 18.2 Å². The lowest BCUT2D eigenvalue weighted by Gasteiger charge is -2.21. The first-order chi connectivity index (χ1) is 12.2. The molecule has 0 radical (unpaired) electrons. The number of para-hydroxylation sites is 1. The number of methoxy groups -OCH3 is 1. The van der Waals surface area contributed by atoms with Crippen LogP contribution in [0.15, 0.2) is 48.8 Å². The highest BCUT2D eigenvalue weighted by molar-refractivity contribution is 5.75. The van der Waals surface area contributed by atoms with E-state index >= 15 is 0 Å². The first-order valence-corrected chi connectivity index (χ1v) is 8.52. The van der Waals surface area contributed by atoms with Gasteiger partial charge in [0.15, 0.2) is 0 Å². The second-order valence-corrected chi connectivity index (χ2v) is 6.22. The fourth-order valence-electron chi connectivity index (χ4n) is 3.17. The number of benzene rings is 1. The maximum absolute atomic E-state index is 12.3. The van der Waals surface area contributed by atoms with E-state index in [9.17, 15) is 4.79 Å². The molecule has 6 heteroatoms. The molecule has 1 saturated heterocycles. The molecule has 0 bridgehead atoms. The Labute approximate surface area is 148 Å². The number of anilines is 1. The minimum absolute atomic E-state index is 0.145. The lowest BCUT2D eigenvalue weighted by molar-refractivity contribution is 0.234. The maximum atomic E-state index is 12.3. The maximum Gasteiger partial charge on any atom is 0.315 e. The molecular weight excluding hydrogens is 316 g/mol. The molecule has 0 spiro atoms. The molecule has 2 atom stereocenters. The van der Waals surface area contributed by atoms with Gasteiger partial charge in [0.05, 0.1) is 19.3 Å². The predicted molar refractivity (Wildman–Crippen MR) is 97.9 cm³/mol. The average Bonchev–Trinajstić information content (AvgIpc) is 3.10. The van der Waals surface area contributed by atoms with Crippen LogP contribution in [0.3, 0.4) is 0 Å². The molecule has 2 heterocycles. The fourth-order valence-corrected chi connectivity index (χ4v) is 3.17. The van der Waals surface area contributed by atoms with Crippen molar-refractivity contribution in [2.45, 2.75) is 25.4 Å². The summed E-state index contributed by atoms with van der Waals surface area (Å²) in [7, 11) is 1.60. The molecule has 1 aromatic carbocycles. The summed E-state index contributed by atoms with van der Waals surface area (Å²) in [4.78, 5) is 18.7. The van der Waals surface area contributed by atoms with E-state index in [1.807, 2.05) is 31.2 Å². The Balaban J connectivity index is 1.53. The number of urea groups is 1. The summed E-state index contributed by atoms with van der Waals surface area (Å²) in [6.45, 7) is 3.70. The quantitative estimate of drug-likeness (QED) is 0.878. The Morgan fingerprint density at radius 1 is 1.32 bits per heavy atom. The van der Waals surface area contributed by atoms with Crippen LogP contribution in [0.5, 0.6) is 5.75 Å². The minimum atomic E-state index is -0.162. The smallest absolute Gasteiger partial charge is 0.315 e. The van der Waals surface area contributed by atoms with Crippen LogP contribution in [0.4, 0.5) is 10.5 Å². The lowest BCUT2D eigenvalue weighted by Crippen LogP contribution is -2.44. The Bertz CT molecular complexity index is 708. The van der Waals surface area contributed by atoms with Crippen molar-refractivity contribution in [2.24, 2.45) is 0 Å². The number of ether oxygens (including phenoxy) is 1. The van der Waals surface area contributed by atoms with Crippen LogP contribution in [-0.2, 0) is 0 Å². The second kappa shape index (κ2) is 7.88. The average molecular weight is 340 g/mol. The lowest BCUT2D eigenvalue weighted by atomic mass is 10.1. The van der Waals surface area contributed by atoms with Gasteiger partial charge in [0.25, 0.3) is 0 Å². The Morgan fingerprint density at radius 3 is 2.88 bits per heavy atom.